The summed E-state index contributed by atoms with van der Waals surface area (Å²) in [6.07, 6.45) is 4.36. The van der Waals surface area contributed by atoms with Crippen LogP contribution in [0.25, 0.3) is 0 Å². The molecular formula is C7H12N2O2. The highest BCUT2D eigenvalue weighted by atomic mass is 16.5. The second-order valence-electron chi connectivity index (χ2n) is 1.73. The van der Waals surface area contributed by atoms with E-state index >= 15 is 0 Å². The van der Waals surface area contributed by atoms with Crippen molar-refractivity contribution in [1.29, 1.82) is 0 Å². The number of hydrogen-bond donors (Lipinski definition) is 1. The lowest BCUT2D eigenvalue weighted by molar-refractivity contribution is -0.128. The van der Waals surface area contributed by atoms with E-state index in [-0.39, 0.29) is 0 Å². The van der Waals surface area contributed by atoms with Crippen molar-refractivity contribution in [2.45, 2.75) is 13.3 Å². The molecule has 0 saturated carbocycles. The van der Waals surface area contributed by atoms with Gasteiger partial charge < -0.3 is 4.74 Å². The minimum absolute atomic E-state index is 0.462. The highest BCUT2D eigenvalue weighted by Crippen LogP contribution is 1.71. The molecule has 0 atom stereocenters. The van der Waals surface area contributed by atoms with Gasteiger partial charge in [0, 0.05) is 12.4 Å². The fourth-order valence-electron chi connectivity index (χ4n) is 0.381. The van der Waals surface area contributed by atoms with E-state index in [1.807, 2.05) is 13.0 Å². The van der Waals surface area contributed by atoms with Crippen molar-refractivity contribution in [1.82, 2.24) is 10.2 Å². The number of H-pyrrole nitrogens is 1. The van der Waals surface area contributed by atoms with Gasteiger partial charge in [-0.3, -0.25) is 9.89 Å². The fourth-order valence-corrected chi connectivity index (χ4v) is 0.381. The van der Waals surface area contributed by atoms with E-state index in [1.54, 1.807) is 12.4 Å². The monoisotopic (exact) mass is 156 g/mol. The van der Waals surface area contributed by atoms with Crippen molar-refractivity contribution in [2.24, 2.45) is 0 Å². The molecule has 4 nitrogen and oxygen atoms in total. The number of aromatic amines is 1. The molecule has 1 aromatic heterocycles. The van der Waals surface area contributed by atoms with E-state index in [0.29, 0.717) is 13.1 Å². The van der Waals surface area contributed by atoms with Crippen LogP contribution < -0.4 is 0 Å². The van der Waals surface area contributed by atoms with E-state index in [1.165, 1.54) is 0 Å². The molecule has 1 heterocycles. The summed E-state index contributed by atoms with van der Waals surface area (Å²) in [4.78, 5) is 9.34. The van der Waals surface area contributed by atoms with Gasteiger partial charge in [0.15, 0.2) is 0 Å². The van der Waals surface area contributed by atoms with Crippen LogP contribution in [0, 0.1) is 0 Å². The van der Waals surface area contributed by atoms with Crippen LogP contribution in [0.4, 0.5) is 0 Å². The smallest absolute Gasteiger partial charge is 0.293 e. The number of aromatic nitrogens is 2. The molecule has 0 aliphatic heterocycles. The van der Waals surface area contributed by atoms with Crippen LogP contribution in [0.15, 0.2) is 18.5 Å². The quantitative estimate of drug-likeness (QED) is 0.524. The first-order valence-corrected chi connectivity index (χ1v) is 3.40. The minimum Gasteiger partial charge on any atom is -0.468 e. The highest BCUT2D eigenvalue weighted by molar-refractivity contribution is 5.36. The molecule has 0 radical (unpaired) electrons. The zero-order valence-electron chi connectivity index (χ0n) is 6.49. The Morgan fingerprint density at radius 3 is 2.73 bits per heavy atom. The van der Waals surface area contributed by atoms with Crippen LogP contribution in [0.1, 0.15) is 13.3 Å². The molecule has 0 amide bonds. The first-order valence-electron chi connectivity index (χ1n) is 3.40. The Balaban J connectivity index is 0.000000183. The summed E-state index contributed by atoms with van der Waals surface area (Å²) in [6, 6.07) is 1.83. The van der Waals surface area contributed by atoms with Crippen LogP contribution in [-0.2, 0) is 9.53 Å². The van der Waals surface area contributed by atoms with Crippen LogP contribution in [0.2, 0.25) is 0 Å². The molecule has 0 fully saturated rings. The topological polar surface area (TPSA) is 55.0 Å². The molecule has 1 aromatic rings. The van der Waals surface area contributed by atoms with Crippen LogP contribution in [-0.4, -0.2) is 23.3 Å². The van der Waals surface area contributed by atoms with Gasteiger partial charge in [0.05, 0.1) is 6.61 Å². The molecule has 0 bridgehead atoms. The molecule has 0 aromatic carbocycles. The van der Waals surface area contributed by atoms with Crippen molar-refractivity contribution in [2.75, 3.05) is 6.61 Å². The zero-order valence-corrected chi connectivity index (χ0v) is 6.49. The van der Waals surface area contributed by atoms with Crippen molar-refractivity contribution in [3.05, 3.63) is 18.5 Å². The molecule has 0 unspecified atom stereocenters. The Morgan fingerprint density at radius 2 is 2.55 bits per heavy atom. The SMILES string of the molecule is CCCOC=O.c1cn[nH]c1. The predicted octanol–water partition coefficient (Wildman–Crippen LogP) is 0.979. The third-order valence-electron chi connectivity index (χ3n) is 0.796. The van der Waals surface area contributed by atoms with Crippen LogP contribution >= 0.6 is 0 Å². The summed E-state index contributed by atoms with van der Waals surface area (Å²) < 4.78 is 4.30. The molecule has 62 valence electrons. The van der Waals surface area contributed by atoms with E-state index in [2.05, 4.69) is 14.9 Å². The maximum atomic E-state index is 9.34. The van der Waals surface area contributed by atoms with Gasteiger partial charge in [-0.25, -0.2) is 0 Å². The third-order valence-corrected chi connectivity index (χ3v) is 0.796. The highest BCUT2D eigenvalue weighted by Gasteiger charge is 1.71. The normalized spacial score (nSPS) is 7.73. The number of nitrogens with zero attached hydrogens (tertiary/aromatic N) is 1. The summed E-state index contributed by atoms with van der Waals surface area (Å²) in [7, 11) is 0. The average molecular weight is 156 g/mol. The lowest BCUT2D eigenvalue weighted by Crippen LogP contribution is -1.86. The number of hydrogen-bond acceptors (Lipinski definition) is 3. The van der Waals surface area contributed by atoms with Crippen LogP contribution in [0.5, 0.6) is 0 Å². The van der Waals surface area contributed by atoms with Gasteiger partial charge in [-0.1, -0.05) is 6.92 Å². The maximum Gasteiger partial charge on any atom is 0.293 e. The average Bonchev–Trinajstić information content (AvgIpc) is 2.57. The third kappa shape index (κ3) is 8.68. The van der Waals surface area contributed by atoms with Crippen molar-refractivity contribution < 1.29 is 9.53 Å². The van der Waals surface area contributed by atoms with E-state index in [4.69, 9.17) is 0 Å². The summed E-state index contributed by atoms with van der Waals surface area (Å²) in [5.74, 6) is 0. The van der Waals surface area contributed by atoms with Gasteiger partial charge in [0.2, 0.25) is 0 Å². The molecule has 0 aliphatic rings. The first-order chi connectivity index (χ1) is 5.41. The van der Waals surface area contributed by atoms with Gasteiger partial charge in [0.25, 0.3) is 6.47 Å². The number of carbonyl (C=O) groups excluding carboxylic acids is 1. The van der Waals surface area contributed by atoms with E-state index < -0.39 is 0 Å². The summed E-state index contributed by atoms with van der Waals surface area (Å²) in [5.41, 5.74) is 0. The number of carbonyl (C=O) groups is 1. The van der Waals surface area contributed by atoms with E-state index in [9.17, 15) is 4.79 Å². The van der Waals surface area contributed by atoms with E-state index in [0.717, 1.165) is 6.42 Å². The van der Waals surface area contributed by atoms with Gasteiger partial charge >= 0.3 is 0 Å². The number of rotatable bonds is 3. The Kier molecular flexibility index (Phi) is 7.64. The Morgan fingerprint density at radius 1 is 1.73 bits per heavy atom. The molecule has 4 heteroatoms. The Bertz CT molecular complexity index is 134. The molecular weight excluding hydrogens is 144 g/mol. The second-order valence-corrected chi connectivity index (χ2v) is 1.73. The molecule has 1 N–H and O–H groups in total. The maximum absolute atomic E-state index is 9.34. The summed E-state index contributed by atoms with van der Waals surface area (Å²) >= 11 is 0. The van der Waals surface area contributed by atoms with Gasteiger partial charge in [-0.15, -0.1) is 0 Å². The largest absolute Gasteiger partial charge is 0.468 e. The second kappa shape index (κ2) is 8.68. The minimum atomic E-state index is 0.462. The lowest BCUT2D eigenvalue weighted by atomic mass is 10.5. The molecule has 11 heavy (non-hydrogen) atoms. The van der Waals surface area contributed by atoms with Gasteiger partial charge in [-0.05, 0) is 12.5 Å². The molecule has 0 aliphatic carbocycles. The number of nitrogens with one attached hydrogen (secondary N) is 1. The van der Waals surface area contributed by atoms with Crippen molar-refractivity contribution in [3.8, 4) is 0 Å². The predicted molar refractivity (Wildman–Crippen MR) is 40.9 cm³/mol. The molecule has 0 saturated heterocycles. The Labute approximate surface area is 65.6 Å². The first kappa shape index (κ1) is 9.68. The Hall–Kier alpha value is -1.32. The summed E-state index contributed by atoms with van der Waals surface area (Å²) in [6.45, 7) is 2.95. The van der Waals surface area contributed by atoms with Gasteiger partial charge in [0.1, 0.15) is 0 Å². The zero-order chi connectivity index (χ0) is 8.36. The number of ether oxygens (including phenoxy) is 1. The van der Waals surface area contributed by atoms with Crippen molar-refractivity contribution >= 4 is 6.47 Å². The van der Waals surface area contributed by atoms with Crippen molar-refractivity contribution in [3.63, 3.8) is 0 Å². The van der Waals surface area contributed by atoms with Gasteiger partial charge in [-0.2, -0.15) is 5.10 Å². The molecule has 1 rings (SSSR count). The van der Waals surface area contributed by atoms with Crippen LogP contribution in [0.3, 0.4) is 0 Å². The lowest BCUT2D eigenvalue weighted by Gasteiger charge is -1.86. The molecule has 0 spiro atoms. The fraction of sp³-hybridized carbons (Fsp3) is 0.429. The summed E-state index contributed by atoms with van der Waals surface area (Å²) in [5, 5.41) is 6.21. The standard InChI is InChI=1S/C4H8O2.C3H4N2/c1-2-3-6-4-5;1-2-4-5-3-1/h4H,2-3H2,1H3;1-3H,(H,4,5).